The second-order valence-corrected chi connectivity index (χ2v) is 8.02. The van der Waals surface area contributed by atoms with E-state index < -0.39 is 6.10 Å². The number of para-hydroxylation sites is 2. The molecule has 0 saturated heterocycles. The zero-order valence-electron chi connectivity index (χ0n) is 18.1. The van der Waals surface area contributed by atoms with Crippen LogP contribution in [-0.2, 0) is 6.54 Å². The van der Waals surface area contributed by atoms with Crippen LogP contribution in [0.2, 0.25) is 0 Å². The highest BCUT2D eigenvalue weighted by atomic mass is 35.5. The summed E-state index contributed by atoms with van der Waals surface area (Å²) >= 11 is 0. The molecule has 1 N–H and O–H groups in total. The number of hydrogen-bond donors (Lipinski definition) is 1. The average Bonchev–Trinajstić information content (AvgIpc) is 3.04. The maximum atomic E-state index is 10.7. The van der Waals surface area contributed by atoms with Crippen molar-refractivity contribution in [2.24, 2.45) is 0 Å². The summed E-state index contributed by atoms with van der Waals surface area (Å²) in [6.07, 6.45) is 0.405. The second-order valence-electron chi connectivity index (χ2n) is 8.02. The number of ether oxygens (including phenoxy) is 1. The maximum absolute atomic E-state index is 10.7. The minimum absolute atomic E-state index is 0. The van der Waals surface area contributed by atoms with Crippen molar-refractivity contribution < 1.29 is 9.84 Å². The molecule has 2 unspecified atom stereocenters. The molecule has 29 heavy (non-hydrogen) atoms. The lowest BCUT2D eigenvalue weighted by Gasteiger charge is -2.18. The number of aliphatic hydroxyl groups is 1. The molecule has 0 fully saturated rings. The van der Waals surface area contributed by atoms with Crippen LogP contribution in [0.4, 0.5) is 0 Å². The Kier molecular flexibility index (Phi) is 8.12. The van der Waals surface area contributed by atoms with Gasteiger partial charge < -0.3 is 14.4 Å². The van der Waals surface area contributed by atoms with E-state index >= 15 is 0 Å². The van der Waals surface area contributed by atoms with Gasteiger partial charge in [0.1, 0.15) is 24.3 Å². The Labute approximate surface area is 180 Å². The quantitative estimate of drug-likeness (QED) is 0.501. The van der Waals surface area contributed by atoms with Gasteiger partial charge in [-0.3, -0.25) is 0 Å². The molecule has 1 heterocycles. The number of fused-ring (bicyclic) bond motifs is 1. The second kappa shape index (κ2) is 10.1. The number of hydrogen-bond acceptors (Lipinski definition) is 3. The van der Waals surface area contributed by atoms with E-state index in [9.17, 15) is 5.11 Å². The molecule has 1 aromatic heterocycles. The summed E-state index contributed by atoms with van der Waals surface area (Å²) in [5, 5.41) is 10.7. The van der Waals surface area contributed by atoms with Crippen molar-refractivity contribution in [3.05, 3.63) is 59.4 Å². The molecule has 0 amide bonds. The molecule has 158 valence electrons. The Morgan fingerprint density at radius 2 is 1.83 bits per heavy atom. The van der Waals surface area contributed by atoms with Crippen LogP contribution >= 0.6 is 12.4 Å². The lowest BCUT2D eigenvalue weighted by Crippen LogP contribution is -2.25. The third kappa shape index (κ3) is 5.31. The van der Waals surface area contributed by atoms with Gasteiger partial charge in [0, 0.05) is 5.92 Å². The Bertz CT molecular complexity index is 936. The van der Waals surface area contributed by atoms with Gasteiger partial charge in [0.2, 0.25) is 0 Å². The molecule has 0 saturated carbocycles. The first-order chi connectivity index (χ1) is 13.4. The summed E-state index contributed by atoms with van der Waals surface area (Å²) in [5.41, 5.74) is 4.59. The monoisotopic (exact) mass is 416 g/mol. The molecule has 3 rings (SSSR count). The van der Waals surface area contributed by atoms with Crippen molar-refractivity contribution in [2.75, 3.05) is 6.61 Å². The van der Waals surface area contributed by atoms with Crippen LogP contribution in [0.1, 0.15) is 62.9 Å². The van der Waals surface area contributed by atoms with Crippen LogP contribution in [0, 0.1) is 6.92 Å². The van der Waals surface area contributed by atoms with Gasteiger partial charge in [-0.2, -0.15) is 0 Å². The van der Waals surface area contributed by atoms with E-state index in [-0.39, 0.29) is 19.0 Å². The molecule has 0 bridgehead atoms. The molecular formula is C24H33ClN2O2. The van der Waals surface area contributed by atoms with Gasteiger partial charge in [-0.25, -0.2) is 4.98 Å². The summed E-state index contributed by atoms with van der Waals surface area (Å²) in [6, 6.07) is 14.3. The highest BCUT2D eigenvalue weighted by Gasteiger charge is 2.18. The smallest absolute Gasteiger partial charge is 0.119 e. The van der Waals surface area contributed by atoms with Crippen molar-refractivity contribution in [1.82, 2.24) is 9.55 Å². The van der Waals surface area contributed by atoms with E-state index in [1.165, 1.54) is 11.1 Å². The summed E-state index contributed by atoms with van der Waals surface area (Å²) < 4.78 is 8.03. The Hall–Kier alpha value is -2.04. The molecule has 0 spiro atoms. The topological polar surface area (TPSA) is 47.3 Å². The normalized spacial score (nSPS) is 13.3. The molecule has 2 atom stereocenters. The number of benzene rings is 2. The van der Waals surface area contributed by atoms with E-state index in [2.05, 4.69) is 57.4 Å². The van der Waals surface area contributed by atoms with Gasteiger partial charge in [0.15, 0.2) is 0 Å². The number of rotatable bonds is 8. The largest absolute Gasteiger partial charge is 0.491 e. The fourth-order valence-corrected chi connectivity index (χ4v) is 3.69. The molecule has 3 aromatic rings. The van der Waals surface area contributed by atoms with E-state index in [1.807, 2.05) is 24.3 Å². The minimum atomic E-state index is -0.606. The van der Waals surface area contributed by atoms with Crippen LogP contribution in [0.5, 0.6) is 5.75 Å². The van der Waals surface area contributed by atoms with Crippen molar-refractivity contribution >= 4 is 23.4 Å². The van der Waals surface area contributed by atoms with Gasteiger partial charge in [0.05, 0.1) is 17.6 Å². The third-order valence-electron chi connectivity index (χ3n) is 5.44. The van der Waals surface area contributed by atoms with E-state index in [4.69, 9.17) is 9.72 Å². The SMILES string of the molecule is CCC(C)c1nc2ccccc2n1CC(O)COc1ccc(C(C)C)c(C)c1.Cl. The highest BCUT2D eigenvalue weighted by Crippen LogP contribution is 2.25. The summed E-state index contributed by atoms with van der Waals surface area (Å²) in [7, 11) is 0. The standard InChI is InChI=1S/C24H32N2O2.ClH/c1-6-17(4)24-25-22-9-7-8-10-23(22)26(24)14-19(27)15-28-20-11-12-21(16(2)3)18(5)13-20;/h7-13,16-17,19,27H,6,14-15H2,1-5H3;1H. The van der Waals surface area contributed by atoms with Crippen LogP contribution in [0.15, 0.2) is 42.5 Å². The molecule has 5 heteroatoms. The molecule has 0 aliphatic carbocycles. The van der Waals surface area contributed by atoms with Crippen molar-refractivity contribution in [1.29, 1.82) is 0 Å². The van der Waals surface area contributed by atoms with Crippen LogP contribution in [0.25, 0.3) is 11.0 Å². The number of nitrogens with zero attached hydrogens (tertiary/aromatic N) is 2. The molecule has 0 radical (unpaired) electrons. The number of aliphatic hydroxyl groups excluding tert-OH is 1. The molecule has 0 aliphatic heterocycles. The zero-order valence-corrected chi connectivity index (χ0v) is 18.9. The first-order valence-corrected chi connectivity index (χ1v) is 10.3. The summed E-state index contributed by atoms with van der Waals surface area (Å²) in [6.45, 7) is 11.6. The van der Waals surface area contributed by atoms with Crippen molar-refractivity contribution in [2.45, 2.75) is 65.5 Å². The predicted octanol–water partition coefficient (Wildman–Crippen LogP) is 5.84. The van der Waals surface area contributed by atoms with Crippen LogP contribution < -0.4 is 4.74 Å². The molecule has 0 aliphatic rings. The van der Waals surface area contributed by atoms with Gasteiger partial charge in [0.25, 0.3) is 0 Å². The van der Waals surface area contributed by atoms with Gasteiger partial charge in [-0.1, -0.05) is 45.9 Å². The number of aromatic nitrogens is 2. The van der Waals surface area contributed by atoms with Gasteiger partial charge >= 0.3 is 0 Å². The molecule has 2 aromatic carbocycles. The average molecular weight is 417 g/mol. The molecular weight excluding hydrogens is 384 g/mol. The maximum Gasteiger partial charge on any atom is 0.119 e. The van der Waals surface area contributed by atoms with E-state index in [1.54, 1.807) is 0 Å². The minimum Gasteiger partial charge on any atom is -0.491 e. The fourth-order valence-electron chi connectivity index (χ4n) is 3.69. The Morgan fingerprint density at radius 1 is 1.10 bits per heavy atom. The first kappa shape index (κ1) is 23.2. The third-order valence-corrected chi connectivity index (χ3v) is 5.44. The van der Waals surface area contributed by atoms with Crippen LogP contribution in [-0.4, -0.2) is 27.4 Å². The first-order valence-electron chi connectivity index (χ1n) is 10.3. The predicted molar refractivity (Wildman–Crippen MR) is 122 cm³/mol. The Balaban J connectivity index is 0.00000300. The highest BCUT2D eigenvalue weighted by molar-refractivity contribution is 5.85. The van der Waals surface area contributed by atoms with Crippen molar-refractivity contribution in [3.63, 3.8) is 0 Å². The summed E-state index contributed by atoms with van der Waals surface area (Å²) in [5.74, 6) is 2.67. The van der Waals surface area contributed by atoms with E-state index in [0.29, 0.717) is 18.4 Å². The fraction of sp³-hybridized carbons (Fsp3) is 0.458. The molecule has 4 nitrogen and oxygen atoms in total. The van der Waals surface area contributed by atoms with Crippen molar-refractivity contribution in [3.8, 4) is 5.75 Å². The van der Waals surface area contributed by atoms with Gasteiger partial charge in [-0.05, 0) is 54.7 Å². The lowest BCUT2D eigenvalue weighted by molar-refractivity contribution is 0.0924. The number of aryl methyl sites for hydroxylation is 1. The number of imidazole rings is 1. The van der Waals surface area contributed by atoms with Crippen LogP contribution in [0.3, 0.4) is 0 Å². The van der Waals surface area contributed by atoms with Gasteiger partial charge in [-0.15, -0.1) is 12.4 Å². The van der Waals surface area contributed by atoms with E-state index in [0.717, 1.165) is 29.0 Å². The zero-order chi connectivity index (χ0) is 20.3. The Morgan fingerprint density at radius 3 is 2.48 bits per heavy atom. The summed E-state index contributed by atoms with van der Waals surface area (Å²) in [4.78, 5) is 4.80. The number of halogens is 1. The lowest BCUT2D eigenvalue weighted by atomic mass is 9.98.